The Balaban J connectivity index is 1.28. The predicted octanol–water partition coefficient (Wildman–Crippen LogP) is 3.43. The van der Waals surface area contributed by atoms with Gasteiger partial charge in [0.15, 0.2) is 0 Å². The van der Waals surface area contributed by atoms with Gasteiger partial charge in [-0.15, -0.1) is 0 Å². The fourth-order valence-electron chi connectivity index (χ4n) is 4.77. The summed E-state index contributed by atoms with van der Waals surface area (Å²) < 4.78 is 10.9. The van der Waals surface area contributed by atoms with Crippen molar-refractivity contribution >= 4 is 38.2 Å². The number of hydrogen-bond donors (Lipinski definition) is 6. The Morgan fingerprint density at radius 2 is 1.88 bits per heavy atom. The number of carbonyl (C=O) groups excluding carboxylic acids is 2. The van der Waals surface area contributed by atoms with Crippen LogP contribution in [0.3, 0.4) is 0 Å². The number of esters is 1. The van der Waals surface area contributed by atoms with Crippen molar-refractivity contribution in [2.45, 2.75) is 96.2 Å². The molecule has 0 aliphatic carbocycles. The molecule has 3 aliphatic heterocycles. The number of aromatic amines is 1. The van der Waals surface area contributed by atoms with Crippen LogP contribution in [0, 0.1) is 11.8 Å². The molecule has 1 saturated heterocycles. The van der Waals surface area contributed by atoms with Gasteiger partial charge in [-0.25, -0.2) is 4.79 Å². The number of rotatable bonds is 16. The molecule has 0 spiro atoms. The van der Waals surface area contributed by atoms with Crippen molar-refractivity contribution in [3.05, 3.63) is 39.5 Å². The number of aromatic nitrogens is 1. The topological polar surface area (TPSA) is 178 Å². The van der Waals surface area contributed by atoms with E-state index in [4.69, 9.17) is 9.47 Å². The van der Waals surface area contributed by atoms with E-state index in [-0.39, 0.29) is 42.1 Å². The van der Waals surface area contributed by atoms with E-state index in [1.165, 1.54) is 33.7 Å². The fourth-order valence-corrected chi connectivity index (χ4v) is 6.93. The summed E-state index contributed by atoms with van der Waals surface area (Å²) in [6.07, 6.45) is 4.15. The number of nitrogens with one attached hydrogen (secondary N) is 2. The second kappa shape index (κ2) is 17.2. The van der Waals surface area contributed by atoms with E-state index in [0.717, 1.165) is 29.8 Å². The third kappa shape index (κ3) is 10.3. The highest BCUT2D eigenvalue weighted by Gasteiger charge is 2.41. The first-order valence-corrected chi connectivity index (χ1v) is 17.0. The predicted molar refractivity (Wildman–Crippen MR) is 166 cm³/mol. The zero-order valence-corrected chi connectivity index (χ0v) is 26.5. The maximum Gasteiger partial charge on any atom is 0.330 e. The Kier molecular flexibility index (Phi) is 14.0. The number of allylic oxidation sites excluding steroid dienone is 1. The second-order valence-corrected chi connectivity index (χ2v) is 13.3. The van der Waals surface area contributed by atoms with Crippen molar-refractivity contribution in [1.29, 1.82) is 0 Å². The lowest BCUT2D eigenvalue weighted by Crippen LogP contribution is -2.54. The molecular weight excluding hydrogens is 596 g/mol. The zero-order chi connectivity index (χ0) is 31.5. The first-order chi connectivity index (χ1) is 20.5. The van der Waals surface area contributed by atoms with E-state index in [1.807, 2.05) is 24.5 Å². The largest absolute Gasteiger partial charge is 0.463 e. The van der Waals surface area contributed by atoms with Crippen LogP contribution in [0.25, 0.3) is 10.6 Å². The van der Waals surface area contributed by atoms with Crippen LogP contribution in [-0.4, -0.2) is 81.0 Å². The second-order valence-electron chi connectivity index (χ2n) is 11.2. The van der Waals surface area contributed by atoms with Crippen LogP contribution < -0.4 is 10.9 Å². The molecular formula is C30H44N2O9S2. The third-order valence-electron chi connectivity index (χ3n) is 7.74. The van der Waals surface area contributed by atoms with Gasteiger partial charge in [0.2, 0.25) is 5.91 Å². The van der Waals surface area contributed by atoms with Crippen LogP contribution >= 0.6 is 20.7 Å². The standard InChI is InChI=1S/C30H44N2O9S2/c1-17(19(3)33)10-9-11-20-15-41-28(27(38)26(20)37)25(36)18(2)14-23(35)40-13-8-6-4-5-7-12-22(34)32-24-29-21(16-42-43-29)31-30(24)39/h9-10,14,16-17,19-20,25-28,33,36-38H,4-8,11-13,15H2,1-3H3,(H,31,39)(H,32,34)/b10-9+,18-14+/t17-,19+,20+,25-,26-,27-,28+/m1/s1. The first-order valence-electron chi connectivity index (χ1n) is 14.7. The highest BCUT2D eigenvalue weighted by molar-refractivity contribution is 7.70. The summed E-state index contributed by atoms with van der Waals surface area (Å²) in [5.74, 6) is -1.21. The summed E-state index contributed by atoms with van der Waals surface area (Å²) >= 11 is 0. The van der Waals surface area contributed by atoms with E-state index >= 15 is 0 Å². The molecule has 1 amide bonds. The number of aliphatic hydroxyl groups is 4. The van der Waals surface area contributed by atoms with Crippen LogP contribution in [0.5, 0.6) is 0 Å². The molecule has 0 aromatic carbocycles. The molecule has 0 saturated carbocycles. The lowest BCUT2D eigenvalue weighted by atomic mass is 9.86. The van der Waals surface area contributed by atoms with Crippen molar-refractivity contribution in [3.63, 3.8) is 0 Å². The average molecular weight is 641 g/mol. The van der Waals surface area contributed by atoms with Gasteiger partial charge in [-0.05, 0) is 44.6 Å². The molecule has 0 radical (unpaired) electrons. The number of hydrogen-bond acceptors (Lipinski definition) is 11. The number of fused-ring (bicyclic) bond motifs is 1. The number of amides is 1. The van der Waals surface area contributed by atoms with Gasteiger partial charge in [0.05, 0.1) is 36.0 Å². The van der Waals surface area contributed by atoms with Crippen LogP contribution in [-0.2, 0) is 19.1 Å². The Hall–Kier alpha value is -2.39. The van der Waals surface area contributed by atoms with Crippen LogP contribution in [0.15, 0.2) is 34.0 Å². The molecule has 0 unspecified atom stereocenters. The Bertz CT molecular complexity index is 1250. The van der Waals surface area contributed by atoms with E-state index in [1.54, 1.807) is 6.92 Å². The molecule has 3 rings (SSSR count). The lowest BCUT2D eigenvalue weighted by molar-refractivity contribution is -0.187. The van der Waals surface area contributed by atoms with Crippen molar-refractivity contribution in [2.75, 3.05) is 18.5 Å². The Morgan fingerprint density at radius 1 is 1.16 bits per heavy atom. The van der Waals surface area contributed by atoms with E-state index in [2.05, 4.69) is 10.3 Å². The summed E-state index contributed by atoms with van der Waals surface area (Å²) in [6.45, 7) is 5.45. The molecule has 3 aliphatic rings. The minimum Gasteiger partial charge on any atom is -0.463 e. The third-order valence-corrected chi connectivity index (χ3v) is 9.83. The van der Waals surface area contributed by atoms with E-state index in [9.17, 15) is 34.8 Å². The Labute approximate surface area is 259 Å². The minimum absolute atomic E-state index is 0.0386. The maximum atomic E-state index is 12.2. The van der Waals surface area contributed by atoms with Crippen molar-refractivity contribution in [3.8, 4) is 10.6 Å². The molecule has 7 atom stereocenters. The highest BCUT2D eigenvalue weighted by atomic mass is 32.9. The number of carbonyl (C=O) groups is 2. The van der Waals surface area contributed by atoms with Gasteiger partial charge in [-0.3, -0.25) is 9.59 Å². The summed E-state index contributed by atoms with van der Waals surface area (Å²) in [5, 5.41) is 45.9. The molecule has 0 aromatic heterocycles. The summed E-state index contributed by atoms with van der Waals surface area (Å²) in [7, 11) is 2.94. The van der Waals surface area contributed by atoms with Gasteiger partial charge < -0.3 is 40.2 Å². The Morgan fingerprint density at radius 3 is 2.63 bits per heavy atom. The molecule has 1 fully saturated rings. The molecule has 43 heavy (non-hydrogen) atoms. The monoisotopic (exact) mass is 640 g/mol. The van der Waals surface area contributed by atoms with Gasteiger partial charge in [0.1, 0.15) is 24.0 Å². The number of anilines is 1. The molecule has 13 heteroatoms. The van der Waals surface area contributed by atoms with Crippen molar-refractivity contribution in [2.24, 2.45) is 11.8 Å². The van der Waals surface area contributed by atoms with Crippen LogP contribution in [0.2, 0.25) is 0 Å². The van der Waals surface area contributed by atoms with Crippen molar-refractivity contribution < 1.29 is 39.5 Å². The zero-order valence-electron chi connectivity index (χ0n) is 24.9. The van der Waals surface area contributed by atoms with Gasteiger partial charge in [-0.1, -0.05) is 59.0 Å². The summed E-state index contributed by atoms with van der Waals surface area (Å²) in [4.78, 5) is 39.9. The lowest BCUT2D eigenvalue weighted by Gasteiger charge is -2.39. The molecule has 3 heterocycles. The van der Waals surface area contributed by atoms with Gasteiger partial charge in [0.25, 0.3) is 5.56 Å². The smallest absolute Gasteiger partial charge is 0.330 e. The number of H-pyrrole nitrogens is 1. The maximum absolute atomic E-state index is 12.2. The van der Waals surface area contributed by atoms with E-state index < -0.39 is 36.5 Å². The fraction of sp³-hybridized carbons (Fsp3) is 0.633. The molecule has 240 valence electrons. The normalized spacial score (nSPS) is 23.4. The van der Waals surface area contributed by atoms with Crippen molar-refractivity contribution in [1.82, 2.24) is 4.98 Å². The van der Waals surface area contributed by atoms with Gasteiger partial charge in [-0.2, -0.15) is 0 Å². The van der Waals surface area contributed by atoms with Crippen LogP contribution in [0.1, 0.15) is 65.7 Å². The van der Waals surface area contributed by atoms with Gasteiger partial charge >= 0.3 is 5.97 Å². The molecule has 11 nitrogen and oxygen atoms in total. The molecule has 0 aromatic rings. The van der Waals surface area contributed by atoms with Gasteiger partial charge in [0, 0.05) is 23.8 Å². The SMILES string of the molecule is C/C(=C\C(=O)OCCCCCCCC(=O)Nc1c2sscc-2[nH]c1=O)[C@@H](O)[C@@H]1OC[C@H](C/C=C/[C@@H](C)[C@H](C)O)[C@@H](O)[C@H]1O. The number of aliphatic hydroxyl groups excluding tert-OH is 4. The minimum atomic E-state index is -1.34. The summed E-state index contributed by atoms with van der Waals surface area (Å²) in [6, 6.07) is 0. The first kappa shape index (κ1) is 35.1. The van der Waals surface area contributed by atoms with Crippen LogP contribution in [0.4, 0.5) is 5.69 Å². The summed E-state index contributed by atoms with van der Waals surface area (Å²) in [5.41, 5.74) is 1.04. The quantitative estimate of drug-likeness (QED) is 0.0527. The number of ether oxygens (including phenoxy) is 2. The van der Waals surface area contributed by atoms with E-state index in [0.29, 0.717) is 31.4 Å². The molecule has 6 N–H and O–H groups in total. The average Bonchev–Trinajstić information content (AvgIpc) is 3.53. The molecule has 0 bridgehead atoms. The highest BCUT2D eigenvalue weighted by Crippen LogP contribution is 2.35. The number of unbranched alkanes of at least 4 members (excludes halogenated alkanes) is 4.